The first-order chi connectivity index (χ1) is 8.24. The van der Waals surface area contributed by atoms with Crippen LogP contribution in [-0.4, -0.2) is 34.4 Å². The van der Waals surface area contributed by atoms with Crippen molar-refractivity contribution in [1.82, 2.24) is 4.90 Å². The molecule has 0 radical (unpaired) electrons. The van der Waals surface area contributed by atoms with E-state index in [1.54, 1.807) is 11.0 Å². The van der Waals surface area contributed by atoms with Crippen LogP contribution in [0.5, 0.6) is 0 Å². The van der Waals surface area contributed by atoms with Gasteiger partial charge in [0.2, 0.25) is 0 Å². The van der Waals surface area contributed by atoms with Crippen molar-refractivity contribution in [2.75, 3.05) is 6.54 Å². The minimum Gasteiger partial charge on any atom is -0.409 e. The monoisotopic (exact) mass is 253 g/mol. The molecule has 1 fully saturated rings. The maximum Gasteiger partial charge on any atom is 0.264 e. The van der Waals surface area contributed by atoms with E-state index in [1.807, 2.05) is 11.4 Å². The van der Waals surface area contributed by atoms with Crippen LogP contribution in [0.15, 0.2) is 22.7 Å². The predicted molar refractivity (Wildman–Crippen MR) is 66.4 cm³/mol. The Labute approximate surface area is 104 Å². The summed E-state index contributed by atoms with van der Waals surface area (Å²) in [5.74, 6) is 0.0888. The van der Waals surface area contributed by atoms with Crippen LogP contribution in [-0.2, 0) is 0 Å². The number of nitrogens with two attached hydrogens (primary N) is 1. The largest absolute Gasteiger partial charge is 0.409 e. The number of likely N-dealkylation sites (tertiary alicyclic amines) is 1. The zero-order valence-corrected chi connectivity index (χ0v) is 10.2. The molecule has 0 bridgehead atoms. The molecule has 1 aromatic heterocycles. The highest BCUT2D eigenvalue weighted by Crippen LogP contribution is 2.21. The Hall–Kier alpha value is -1.56. The number of hydrogen-bond donors (Lipinski definition) is 2. The number of thiophene rings is 1. The van der Waals surface area contributed by atoms with Gasteiger partial charge in [-0.1, -0.05) is 11.2 Å². The third-order valence-corrected chi connectivity index (χ3v) is 3.81. The number of nitrogens with zero attached hydrogens (tertiary/aromatic N) is 2. The Morgan fingerprint density at radius 2 is 2.41 bits per heavy atom. The standard InChI is InChI=1S/C11H15N3O2S/c12-10(13-16)8-4-1-2-6-14(8)11(15)9-5-3-7-17-9/h3,5,7-8,16H,1-2,4,6H2,(H2,12,13). The number of amides is 1. The molecule has 0 spiro atoms. The molecule has 6 heteroatoms. The molecule has 3 N–H and O–H groups in total. The summed E-state index contributed by atoms with van der Waals surface area (Å²) in [5.41, 5.74) is 5.64. The SMILES string of the molecule is NC(=NO)C1CCCCN1C(=O)c1cccs1. The van der Waals surface area contributed by atoms with Crippen molar-refractivity contribution in [1.29, 1.82) is 0 Å². The Balaban J connectivity index is 2.19. The Kier molecular flexibility index (Phi) is 3.63. The molecule has 5 nitrogen and oxygen atoms in total. The first-order valence-electron chi connectivity index (χ1n) is 5.56. The second-order valence-electron chi connectivity index (χ2n) is 4.01. The van der Waals surface area contributed by atoms with E-state index < -0.39 is 0 Å². The van der Waals surface area contributed by atoms with E-state index in [0.29, 0.717) is 11.4 Å². The quantitative estimate of drug-likeness (QED) is 0.363. The maximum absolute atomic E-state index is 12.2. The third-order valence-electron chi connectivity index (χ3n) is 2.95. The number of amidine groups is 1. The van der Waals surface area contributed by atoms with Gasteiger partial charge in [0.25, 0.3) is 5.91 Å². The predicted octanol–water partition coefficient (Wildman–Crippen LogP) is 1.49. The fourth-order valence-corrected chi connectivity index (χ4v) is 2.77. The highest BCUT2D eigenvalue weighted by molar-refractivity contribution is 7.12. The topological polar surface area (TPSA) is 78.9 Å². The van der Waals surface area contributed by atoms with Gasteiger partial charge in [0.05, 0.1) is 10.9 Å². The van der Waals surface area contributed by atoms with Crippen molar-refractivity contribution in [3.8, 4) is 0 Å². The number of rotatable bonds is 2. The summed E-state index contributed by atoms with van der Waals surface area (Å²) in [6.45, 7) is 0.664. The maximum atomic E-state index is 12.2. The summed E-state index contributed by atoms with van der Waals surface area (Å²) in [4.78, 5) is 14.6. The van der Waals surface area contributed by atoms with E-state index in [-0.39, 0.29) is 17.8 Å². The second-order valence-corrected chi connectivity index (χ2v) is 4.96. The number of carbonyl (C=O) groups is 1. The van der Waals surface area contributed by atoms with Crippen LogP contribution >= 0.6 is 11.3 Å². The normalized spacial score (nSPS) is 21.5. The van der Waals surface area contributed by atoms with Gasteiger partial charge in [-0.25, -0.2) is 0 Å². The van der Waals surface area contributed by atoms with Crippen LogP contribution < -0.4 is 5.73 Å². The molecule has 2 heterocycles. The van der Waals surface area contributed by atoms with E-state index in [9.17, 15) is 4.79 Å². The lowest BCUT2D eigenvalue weighted by Crippen LogP contribution is -2.50. The fourth-order valence-electron chi connectivity index (χ4n) is 2.09. The minimum atomic E-state index is -0.275. The molecule has 1 amide bonds. The molecule has 92 valence electrons. The first-order valence-corrected chi connectivity index (χ1v) is 6.44. The molecule has 1 saturated heterocycles. The molecule has 1 aliphatic rings. The summed E-state index contributed by atoms with van der Waals surface area (Å²) < 4.78 is 0. The number of piperidine rings is 1. The zero-order valence-electron chi connectivity index (χ0n) is 9.37. The number of oxime groups is 1. The van der Waals surface area contributed by atoms with Gasteiger partial charge in [0.1, 0.15) is 0 Å². The molecule has 0 aliphatic carbocycles. The number of hydrogen-bond acceptors (Lipinski definition) is 4. The lowest BCUT2D eigenvalue weighted by Gasteiger charge is -2.34. The van der Waals surface area contributed by atoms with Gasteiger partial charge in [0.15, 0.2) is 5.84 Å². The van der Waals surface area contributed by atoms with Gasteiger partial charge in [-0.2, -0.15) is 0 Å². The third kappa shape index (κ3) is 2.41. The van der Waals surface area contributed by atoms with Crippen LogP contribution in [0.1, 0.15) is 28.9 Å². The van der Waals surface area contributed by atoms with Crippen molar-refractivity contribution in [3.63, 3.8) is 0 Å². The van der Waals surface area contributed by atoms with Crippen LogP contribution in [0.25, 0.3) is 0 Å². The van der Waals surface area contributed by atoms with Gasteiger partial charge >= 0.3 is 0 Å². The molecular weight excluding hydrogens is 238 g/mol. The van der Waals surface area contributed by atoms with E-state index in [4.69, 9.17) is 10.9 Å². The molecule has 2 rings (SSSR count). The lowest BCUT2D eigenvalue weighted by atomic mass is 10.0. The molecule has 17 heavy (non-hydrogen) atoms. The van der Waals surface area contributed by atoms with Gasteiger partial charge < -0.3 is 15.8 Å². The summed E-state index contributed by atoms with van der Waals surface area (Å²) >= 11 is 1.41. The summed E-state index contributed by atoms with van der Waals surface area (Å²) in [5, 5.41) is 13.6. The second kappa shape index (κ2) is 5.18. The Bertz CT molecular complexity index is 416. The molecular formula is C11H15N3O2S. The molecule has 1 aromatic rings. The van der Waals surface area contributed by atoms with Gasteiger partial charge in [-0.3, -0.25) is 4.79 Å². The molecule has 0 aromatic carbocycles. The van der Waals surface area contributed by atoms with Crippen molar-refractivity contribution >= 4 is 23.1 Å². The van der Waals surface area contributed by atoms with Crippen LogP contribution in [0, 0.1) is 0 Å². The summed E-state index contributed by atoms with van der Waals surface area (Å²) in [6, 6.07) is 3.37. The fraction of sp³-hybridized carbons (Fsp3) is 0.455. The van der Waals surface area contributed by atoms with E-state index in [1.165, 1.54) is 11.3 Å². The van der Waals surface area contributed by atoms with Crippen molar-refractivity contribution in [2.24, 2.45) is 10.9 Å². The highest BCUT2D eigenvalue weighted by Gasteiger charge is 2.30. The van der Waals surface area contributed by atoms with Crippen molar-refractivity contribution in [3.05, 3.63) is 22.4 Å². The van der Waals surface area contributed by atoms with E-state index in [2.05, 4.69) is 5.16 Å². The number of carbonyl (C=O) groups excluding carboxylic acids is 1. The van der Waals surface area contributed by atoms with Crippen molar-refractivity contribution < 1.29 is 10.0 Å². The van der Waals surface area contributed by atoms with Gasteiger partial charge in [-0.05, 0) is 30.7 Å². The smallest absolute Gasteiger partial charge is 0.264 e. The molecule has 0 saturated carbocycles. The van der Waals surface area contributed by atoms with Crippen LogP contribution in [0.4, 0.5) is 0 Å². The molecule has 1 atom stereocenters. The first kappa shape index (κ1) is 11.9. The molecule has 1 unspecified atom stereocenters. The average Bonchev–Trinajstić information content (AvgIpc) is 2.91. The highest BCUT2D eigenvalue weighted by atomic mass is 32.1. The van der Waals surface area contributed by atoms with Gasteiger partial charge in [-0.15, -0.1) is 11.3 Å². The molecule has 1 aliphatic heterocycles. The van der Waals surface area contributed by atoms with Crippen LogP contribution in [0.3, 0.4) is 0 Å². The summed E-state index contributed by atoms with van der Waals surface area (Å²) in [7, 11) is 0. The summed E-state index contributed by atoms with van der Waals surface area (Å²) in [6.07, 6.45) is 2.72. The van der Waals surface area contributed by atoms with Crippen molar-refractivity contribution in [2.45, 2.75) is 25.3 Å². The van der Waals surface area contributed by atoms with Gasteiger partial charge in [0, 0.05) is 6.54 Å². The zero-order chi connectivity index (χ0) is 12.3. The average molecular weight is 253 g/mol. The van der Waals surface area contributed by atoms with Crippen LogP contribution in [0.2, 0.25) is 0 Å². The Morgan fingerprint density at radius 1 is 1.59 bits per heavy atom. The Morgan fingerprint density at radius 3 is 3.06 bits per heavy atom. The minimum absolute atomic E-state index is 0.0312. The van der Waals surface area contributed by atoms with E-state index in [0.717, 1.165) is 19.3 Å². The lowest BCUT2D eigenvalue weighted by molar-refractivity contribution is 0.0681. The van der Waals surface area contributed by atoms with E-state index >= 15 is 0 Å².